The summed E-state index contributed by atoms with van der Waals surface area (Å²) < 4.78 is 37.9. The molecule has 2 aliphatic heterocycles. The molecule has 8 heteroatoms. The zero-order valence-electron chi connectivity index (χ0n) is 10.0. The summed E-state index contributed by atoms with van der Waals surface area (Å²) >= 11 is 1.07. The third-order valence-corrected chi connectivity index (χ3v) is 3.62. The average Bonchev–Trinajstić information content (AvgIpc) is 2.66. The number of aliphatic hydroxyl groups is 2. The van der Waals surface area contributed by atoms with E-state index in [9.17, 15) is 19.0 Å². The van der Waals surface area contributed by atoms with E-state index in [1.54, 1.807) is 0 Å². The fourth-order valence-corrected chi connectivity index (χ4v) is 2.87. The van der Waals surface area contributed by atoms with Crippen LogP contribution in [0, 0.1) is 0 Å². The molecule has 5 nitrogen and oxygen atoms in total. The summed E-state index contributed by atoms with van der Waals surface area (Å²) in [6.45, 7) is 2.43. The normalized spacial score (nSPS) is 46.5. The standard InChI is InChI=1S/C9H14F2N2O3S/c1-2-12-9-13-3-4(14)5(15)6(7(10)11)16-8(3)17-9/h3-8,14-15H,2H2,1H3,(H,12,13)/t3-,4-,5+,6+,8-/m1/s1/i5T. The van der Waals surface area contributed by atoms with Gasteiger partial charge in [0.05, 0.1) is 1.37 Å². The Bertz CT molecular complexity index is 359. The third-order valence-electron chi connectivity index (χ3n) is 2.53. The van der Waals surface area contributed by atoms with Gasteiger partial charge in [0, 0.05) is 6.54 Å². The van der Waals surface area contributed by atoms with E-state index in [-0.39, 0.29) is 0 Å². The highest BCUT2D eigenvalue weighted by Gasteiger charge is 2.50. The lowest BCUT2D eigenvalue weighted by Crippen LogP contribution is -2.56. The highest BCUT2D eigenvalue weighted by atomic mass is 32.2. The Hall–Kier alpha value is -0.440. The van der Waals surface area contributed by atoms with Crippen molar-refractivity contribution in [2.24, 2.45) is 4.99 Å². The second-order valence-corrected chi connectivity index (χ2v) is 4.79. The van der Waals surface area contributed by atoms with E-state index in [0.29, 0.717) is 11.7 Å². The van der Waals surface area contributed by atoms with Gasteiger partial charge in [-0.05, 0) is 6.92 Å². The summed E-state index contributed by atoms with van der Waals surface area (Å²) in [6, 6.07) is -0.915. The van der Waals surface area contributed by atoms with Crippen LogP contribution in [0.15, 0.2) is 4.99 Å². The Balaban J connectivity index is 2.19. The number of aliphatic imine (C=N–C) groups is 1. The van der Waals surface area contributed by atoms with E-state index in [2.05, 4.69) is 10.3 Å². The van der Waals surface area contributed by atoms with Crippen molar-refractivity contribution in [2.75, 3.05) is 6.54 Å². The van der Waals surface area contributed by atoms with Crippen molar-refractivity contribution in [1.29, 1.82) is 0 Å². The molecule has 0 saturated carbocycles. The minimum Gasteiger partial charge on any atom is -0.388 e. The molecule has 0 amide bonds. The van der Waals surface area contributed by atoms with E-state index < -0.39 is 36.2 Å². The van der Waals surface area contributed by atoms with E-state index in [1.165, 1.54) is 0 Å². The van der Waals surface area contributed by atoms with Gasteiger partial charge in [0.2, 0.25) is 0 Å². The Kier molecular flexibility index (Phi) is 3.46. The molecule has 3 N–H and O–H groups in total. The Labute approximate surface area is 103 Å². The Morgan fingerprint density at radius 1 is 1.65 bits per heavy atom. The molecular weight excluding hydrogens is 254 g/mol. The first-order valence-electron chi connectivity index (χ1n) is 5.70. The lowest BCUT2D eigenvalue weighted by Gasteiger charge is -2.37. The van der Waals surface area contributed by atoms with Crippen LogP contribution >= 0.6 is 11.8 Å². The quantitative estimate of drug-likeness (QED) is 0.647. The van der Waals surface area contributed by atoms with Crippen molar-refractivity contribution in [1.82, 2.24) is 5.32 Å². The van der Waals surface area contributed by atoms with Gasteiger partial charge in [-0.2, -0.15) is 0 Å². The van der Waals surface area contributed by atoms with Crippen molar-refractivity contribution < 1.29 is 25.1 Å². The van der Waals surface area contributed by atoms with Gasteiger partial charge in [-0.3, -0.25) is 4.99 Å². The average molecular weight is 270 g/mol. The van der Waals surface area contributed by atoms with Crippen LogP contribution in [-0.2, 0) is 4.74 Å². The molecule has 0 bridgehead atoms. The van der Waals surface area contributed by atoms with Crippen LogP contribution in [0.5, 0.6) is 0 Å². The fraction of sp³-hybridized carbons (Fsp3) is 0.889. The van der Waals surface area contributed by atoms with Gasteiger partial charge in [0.1, 0.15) is 29.8 Å². The minimum absolute atomic E-state index is 0.456. The molecule has 2 heterocycles. The van der Waals surface area contributed by atoms with Crippen LogP contribution in [0.25, 0.3) is 0 Å². The summed E-state index contributed by atoms with van der Waals surface area (Å²) in [5.41, 5.74) is -0.807. The lowest BCUT2D eigenvalue weighted by molar-refractivity contribution is -0.193. The monoisotopic (exact) mass is 270 g/mol. The first kappa shape index (κ1) is 11.6. The molecule has 1 fully saturated rings. The SMILES string of the molecule is [3H][C@@]1(O)[C@@H](C(F)F)O[C@@H]2SC(NCC)=N[C@@H]2[C@H]1O. The molecule has 0 aromatic rings. The summed E-state index contributed by atoms with van der Waals surface area (Å²) in [6.07, 6.45) is -9.57. The second-order valence-electron chi connectivity index (χ2n) is 3.70. The van der Waals surface area contributed by atoms with E-state index in [0.717, 1.165) is 11.8 Å². The first-order valence-corrected chi connectivity index (χ1v) is 6.08. The highest BCUT2D eigenvalue weighted by molar-refractivity contribution is 8.14. The number of nitrogens with zero attached hydrogens (tertiary/aromatic N) is 1. The van der Waals surface area contributed by atoms with E-state index in [4.69, 9.17) is 6.11 Å². The molecule has 17 heavy (non-hydrogen) atoms. The zero-order valence-corrected chi connectivity index (χ0v) is 9.82. The van der Waals surface area contributed by atoms with Crippen molar-refractivity contribution >= 4 is 16.9 Å². The molecule has 0 unspecified atom stereocenters. The number of amidine groups is 1. The zero-order chi connectivity index (χ0) is 13.5. The number of thioether (sulfide) groups is 1. The van der Waals surface area contributed by atoms with Gasteiger partial charge in [0.25, 0.3) is 6.43 Å². The maximum atomic E-state index is 12.7. The Morgan fingerprint density at radius 2 is 2.35 bits per heavy atom. The molecule has 0 aromatic heterocycles. The minimum atomic E-state index is -3.05. The molecule has 0 spiro atoms. The van der Waals surface area contributed by atoms with Crippen molar-refractivity contribution in [3.63, 3.8) is 0 Å². The van der Waals surface area contributed by atoms with Gasteiger partial charge in [-0.1, -0.05) is 11.8 Å². The van der Waals surface area contributed by atoms with Crippen molar-refractivity contribution in [2.45, 2.75) is 43.1 Å². The maximum absolute atomic E-state index is 12.7. The Morgan fingerprint density at radius 3 is 2.94 bits per heavy atom. The van der Waals surface area contributed by atoms with Gasteiger partial charge < -0.3 is 20.3 Å². The van der Waals surface area contributed by atoms with E-state index >= 15 is 0 Å². The van der Waals surface area contributed by atoms with Crippen molar-refractivity contribution in [3.8, 4) is 0 Å². The summed E-state index contributed by atoms with van der Waals surface area (Å²) in [7, 11) is 0. The van der Waals surface area contributed by atoms with Crippen LogP contribution in [0.4, 0.5) is 8.78 Å². The number of rotatable bonds is 2. The van der Waals surface area contributed by atoms with Gasteiger partial charge >= 0.3 is 0 Å². The molecule has 0 radical (unpaired) electrons. The lowest BCUT2D eigenvalue weighted by atomic mass is 9.98. The highest BCUT2D eigenvalue weighted by Crippen LogP contribution is 2.37. The number of aliphatic hydroxyl groups excluding tert-OH is 1. The summed E-state index contributed by atoms with van der Waals surface area (Å²) in [5, 5.41) is 22.8. The molecule has 2 aliphatic rings. The third kappa shape index (κ3) is 2.40. The molecule has 2 rings (SSSR count). The van der Waals surface area contributed by atoms with Gasteiger partial charge in [-0.15, -0.1) is 0 Å². The number of ether oxygens (including phenoxy) is 1. The maximum Gasteiger partial charge on any atom is 0.267 e. The molecule has 5 atom stereocenters. The number of hydrogen-bond donors (Lipinski definition) is 3. The second kappa shape index (κ2) is 5.05. The van der Waals surface area contributed by atoms with E-state index in [1.807, 2.05) is 6.92 Å². The molecule has 1 saturated heterocycles. The van der Waals surface area contributed by atoms with Crippen LogP contribution in [-0.4, -0.2) is 58.1 Å². The smallest absolute Gasteiger partial charge is 0.267 e. The van der Waals surface area contributed by atoms with Gasteiger partial charge in [-0.25, -0.2) is 8.78 Å². The van der Waals surface area contributed by atoms with Gasteiger partial charge in [0.15, 0.2) is 5.17 Å². The van der Waals surface area contributed by atoms with Crippen LogP contribution in [0.1, 0.15) is 8.29 Å². The fourth-order valence-electron chi connectivity index (χ4n) is 1.72. The number of halogens is 2. The van der Waals surface area contributed by atoms with Crippen molar-refractivity contribution in [3.05, 3.63) is 0 Å². The topological polar surface area (TPSA) is 74.1 Å². The van der Waals surface area contributed by atoms with Crippen LogP contribution in [0.2, 0.25) is 0 Å². The number of alkyl halides is 2. The number of nitrogens with one attached hydrogen (secondary N) is 1. The molecular formula is C9H14F2N2O3S. The number of fused-ring (bicyclic) bond motifs is 1. The first-order chi connectivity index (χ1) is 8.37. The largest absolute Gasteiger partial charge is 0.388 e. The molecule has 0 aliphatic carbocycles. The summed E-state index contributed by atoms with van der Waals surface area (Å²) in [4.78, 5) is 4.04. The van der Waals surface area contributed by atoms with Crippen LogP contribution in [0.3, 0.4) is 0 Å². The molecule has 0 aromatic carbocycles. The predicted octanol–water partition coefficient (Wildman–Crippen LogP) is -0.221. The summed E-state index contributed by atoms with van der Waals surface area (Å²) in [5.74, 6) is 0. The van der Waals surface area contributed by atoms with Crippen LogP contribution < -0.4 is 5.32 Å². The molecule has 98 valence electrons. The number of hydrogen-bond acceptors (Lipinski definition) is 6. The predicted molar refractivity (Wildman–Crippen MR) is 59.2 cm³/mol.